The molecule has 118 valence electrons. The Morgan fingerprint density at radius 1 is 1.29 bits per heavy atom. The molecule has 1 aromatic heterocycles. The molecule has 3 N–H and O–H groups in total. The van der Waals surface area contributed by atoms with Crippen LogP contribution in [0.2, 0.25) is 0 Å². The first-order valence-electron chi connectivity index (χ1n) is 7.76. The topological polar surface area (TPSA) is 77.2 Å². The number of likely N-dealkylation sites (tertiary alicyclic amines) is 1. The number of aromatic amines is 1. The minimum Gasteiger partial charge on any atom is -0.363 e. The second-order valence-electron chi connectivity index (χ2n) is 5.96. The van der Waals surface area contributed by atoms with Gasteiger partial charge in [0.2, 0.25) is 10.0 Å². The van der Waals surface area contributed by atoms with E-state index in [1.54, 1.807) is 12.3 Å². The zero-order valence-electron chi connectivity index (χ0n) is 12.3. The van der Waals surface area contributed by atoms with Gasteiger partial charge in [0.15, 0.2) is 0 Å². The Morgan fingerprint density at radius 2 is 2.05 bits per heavy atom. The summed E-state index contributed by atoms with van der Waals surface area (Å²) < 4.78 is 27.1. The van der Waals surface area contributed by atoms with Gasteiger partial charge < -0.3 is 15.2 Å². The van der Waals surface area contributed by atoms with Crippen LogP contribution in [-0.4, -0.2) is 50.5 Å². The molecule has 1 aliphatic carbocycles. The van der Waals surface area contributed by atoms with Crippen molar-refractivity contribution < 1.29 is 8.42 Å². The van der Waals surface area contributed by atoms with E-state index < -0.39 is 10.0 Å². The summed E-state index contributed by atoms with van der Waals surface area (Å²) in [5.74, 6) is 0. The third kappa shape index (κ3) is 4.29. The average Bonchev–Trinajstić information content (AvgIpc) is 2.93. The second-order valence-corrected chi connectivity index (χ2v) is 7.73. The fraction of sp³-hybridized carbons (Fsp3) is 0.714. The van der Waals surface area contributed by atoms with Gasteiger partial charge in [-0.05, 0) is 44.8 Å². The van der Waals surface area contributed by atoms with Gasteiger partial charge in [0.25, 0.3) is 0 Å². The Hall–Kier alpha value is -0.890. The van der Waals surface area contributed by atoms with Crippen molar-refractivity contribution in [3.63, 3.8) is 0 Å². The van der Waals surface area contributed by atoms with Crippen molar-refractivity contribution in [3.8, 4) is 0 Å². The minimum atomic E-state index is -3.39. The van der Waals surface area contributed by atoms with Crippen LogP contribution in [0.4, 0.5) is 0 Å². The zero-order valence-corrected chi connectivity index (χ0v) is 13.1. The molecule has 0 atom stereocenters. The highest BCUT2D eigenvalue weighted by Gasteiger charge is 2.21. The molecule has 21 heavy (non-hydrogen) atoms. The monoisotopic (exact) mass is 312 g/mol. The first-order valence-corrected chi connectivity index (χ1v) is 9.24. The van der Waals surface area contributed by atoms with E-state index in [2.05, 4.69) is 19.9 Å². The molecule has 0 spiro atoms. The van der Waals surface area contributed by atoms with Crippen LogP contribution in [0, 0.1) is 0 Å². The predicted molar refractivity (Wildman–Crippen MR) is 81.5 cm³/mol. The highest BCUT2D eigenvalue weighted by atomic mass is 32.2. The number of nitrogens with one attached hydrogen (secondary N) is 3. The highest BCUT2D eigenvalue weighted by Crippen LogP contribution is 2.19. The lowest BCUT2D eigenvalue weighted by atomic mass is 10.4. The van der Waals surface area contributed by atoms with Gasteiger partial charge in [0, 0.05) is 37.6 Å². The van der Waals surface area contributed by atoms with E-state index in [0.717, 1.165) is 25.3 Å². The Morgan fingerprint density at radius 3 is 2.76 bits per heavy atom. The molecule has 0 unspecified atom stereocenters. The van der Waals surface area contributed by atoms with Gasteiger partial charge in [0.1, 0.15) is 0 Å². The van der Waals surface area contributed by atoms with Crippen LogP contribution in [0.15, 0.2) is 17.2 Å². The van der Waals surface area contributed by atoms with Crippen molar-refractivity contribution in [3.05, 3.63) is 18.0 Å². The quantitative estimate of drug-likeness (QED) is 0.658. The van der Waals surface area contributed by atoms with E-state index in [0.29, 0.717) is 24.0 Å². The minimum absolute atomic E-state index is 0.330. The molecule has 0 bridgehead atoms. The van der Waals surface area contributed by atoms with Crippen molar-refractivity contribution in [1.29, 1.82) is 0 Å². The van der Waals surface area contributed by atoms with Crippen LogP contribution in [0.3, 0.4) is 0 Å². The summed E-state index contributed by atoms with van der Waals surface area (Å²) in [6.07, 6.45) is 6.47. The fourth-order valence-electron chi connectivity index (χ4n) is 2.65. The summed E-state index contributed by atoms with van der Waals surface area (Å²) in [6.45, 7) is 4.14. The fourth-order valence-corrected chi connectivity index (χ4v) is 3.68. The molecule has 2 aliphatic rings. The van der Waals surface area contributed by atoms with Gasteiger partial charge in [0.05, 0.1) is 4.90 Å². The van der Waals surface area contributed by atoms with Gasteiger partial charge in [-0.3, -0.25) is 0 Å². The molecule has 1 aliphatic heterocycles. The van der Waals surface area contributed by atoms with Crippen molar-refractivity contribution in [2.24, 2.45) is 0 Å². The van der Waals surface area contributed by atoms with Crippen LogP contribution in [0.1, 0.15) is 31.4 Å². The molecule has 1 saturated heterocycles. The summed E-state index contributed by atoms with van der Waals surface area (Å²) in [7, 11) is -3.39. The summed E-state index contributed by atoms with van der Waals surface area (Å²) in [4.78, 5) is 5.66. The van der Waals surface area contributed by atoms with E-state index in [1.807, 2.05) is 0 Å². The third-order valence-corrected chi connectivity index (χ3v) is 5.54. The number of aromatic nitrogens is 1. The number of hydrogen-bond donors (Lipinski definition) is 3. The normalized spacial score (nSPS) is 20.2. The first-order chi connectivity index (χ1) is 10.1. The van der Waals surface area contributed by atoms with Crippen LogP contribution < -0.4 is 10.0 Å². The molecule has 1 saturated carbocycles. The number of hydrogen-bond acceptors (Lipinski definition) is 4. The first kappa shape index (κ1) is 15.0. The highest BCUT2D eigenvalue weighted by molar-refractivity contribution is 7.89. The lowest BCUT2D eigenvalue weighted by Crippen LogP contribution is -2.33. The maximum Gasteiger partial charge on any atom is 0.242 e. The van der Waals surface area contributed by atoms with Gasteiger partial charge in [-0.15, -0.1) is 0 Å². The summed E-state index contributed by atoms with van der Waals surface area (Å²) >= 11 is 0. The van der Waals surface area contributed by atoms with Crippen LogP contribution in [-0.2, 0) is 16.6 Å². The molecule has 0 radical (unpaired) electrons. The van der Waals surface area contributed by atoms with E-state index in [-0.39, 0.29) is 0 Å². The number of nitrogens with zero attached hydrogens (tertiary/aromatic N) is 1. The Labute approximate surface area is 126 Å². The van der Waals surface area contributed by atoms with E-state index in [9.17, 15) is 8.42 Å². The average molecular weight is 312 g/mol. The molecule has 7 heteroatoms. The standard InChI is InChI=1S/C14H24N4O2S/c19-21(20,17-5-8-18-6-1-2-7-18)14-9-13(16-11-14)10-15-12-3-4-12/h9,11-12,15-17H,1-8,10H2. The molecule has 2 fully saturated rings. The zero-order chi connectivity index (χ0) is 14.7. The summed E-state index contributed by atoms with van der Waals surface area (Å²) in [5, 5.41) is 3.36. The SMILES string of the molecule is O=S(=O)(NCCN1CCCC1)c1c[nH]c(CNC2CC2)c1. The van der Waals surface area contributed by atoms with Crippen molar-refractivity contribution in [1.82, 2.24) is 19.9 Å². The Balaban J connectivity index is 1.48. The molecular formula is C14H24N4O2S. The summed E-state index contributed by atoms with van der Waals surface area (Å²) in [6, 6.07) is 2.33. The maximum atomic E-state index is 12.2. The lowest BCUT2D eigenvalue weighted by molar-refractivity contribution is 0.344. The number of rotatable bonds is 8. The van der Waals surface area contributed by atoms with Crippen molar-refractivity contribution in [2.75, 3.05) is 26.2 Å². The molecular weight excluding hydrogens is 288 g/mol. The Kier molecular flexibility index (Phi) is 4.63. The number of H-pyrrole nitrogens is 1. The molecule has 0 amide bonds. The molecule has 0 aromatic carbocycles. The van der Waals surface area contributed by atoms with Gasteiger partial charge in [-0.1, -0.05) is 0 Å². The van der Waals surface area contributed by atoms with Crippen LogP contribution in [0.5, 0.6) is 0 Å². The summed E-state index contributed by atoms with van der Waals surface area (Å²) in [5.41, 5.74) is 0.918. The van der Waals surface area contributed by atoms with E-state index in [4.69, 9.17) is 0 Å². The van der Waals surface area contributed by atoms with Crippen LogP contribution >= 0.6 is 0 Å². The molecule has 2 heterocycles. The predicted octanol–water partition coefficient (Wildman–Crippen LogP) is 0.641. The molecule has 1 aromatic rings. The van der Waals surface area contributed by atoms with Crippen molar-refractivity contribution in [2.45, 2.75) is 43.2 Å². The van der Waals surface area contributed by atoms with Gasteiger partial charge in [-0.2, -0.15) is 0 Å². The number of sulfonamides is 1. The molecule has 3 rings (SSSR count). The van der Waals surface area contributed by atoms with Crippen LogP contribution in [0.25, 0.3) is 0 Å². The van der Waals surface area contributed by atoms with E-state index >= 15 is 0 Å². The maximum absolute atomic E-state index is 12.2. The third-order valence-electron chi connectivity index (χ3n) is 4.10. The largest absolute Gasteiger partial charge is 0.363 e. The smallest absolute Gasteiger partial charge is 0.242 e. The lowest BCUT2D eigenvalue weighted by Gasteiger charge is -2.14. The molecule has 6 nitrogen and oxygen atoms in total. The Bertz CT molecular complexity index is 559. The second kappa shape index (κ2) is 6.48. The van der Waals surface area contributed by atoms with E-state index in [1.165, 1.54) is 25.7 Å². The van der Waals surface area contributed by atoms with Crippen molar-refractivity contribution >= 4 is 10.0 Å². The van der Waals surface area contributed by atoms with Gasteiger partial charge >= 0.3 is 0 Å². The van der Waals surface area contributed by atoms with Gasteiger partial charge in [-0.25, -0.2) is 13.1 Å².